The second kappa shape index (κ2) is 3.60. The van der Waals surface area contributed by atoms with Crippen molar-refractivity contribution in [1.29, 1.82) is 5.26 Å². The largest absolute Gasteiger partial charge is 0.274 e. The zero-order valence-electron chi connectivity index (χ0n) is 7.03. The molecule has 2 aromatic rings. The van der Waals surface area contributed by atoms with Crippen molar-refractivity contribution in [2.24, 2.45) is 0 Å². The molecule has 0 spiro atoms. The van der Waals surface area contributed by atoms with Crippen LogP contribution in [0.1, 0.15) is 5.69 Å². The summed E-state index contributed by atoms with van der Waals surface area (Å²) in [4.78, 5) is 4.15. The maximum Gasteiger partial charge on any atom is 0.177 e. The fraction of sp³-hybridized carbons (Fsp3) is 0. The van der Waals surface area contributed by atoms with Crippen LogP contribution in [0.3, 0.4) is 0 Å². The molecule has 68 valence electrons. The Labute approximate surface area is 88.7 Å². The molecule has 14 heavy (non-hydrogen) atoms. The van der Waals surface area contributed by atoms with Gasteiger partial charge in [0.05, 0.1) is 15.9 Å². The molecule has 0 fully saturated rings. The number of nitriles is 1. The summed E-state index contributed by atoms with van der Waals surface area (Å²) in [7, 11) is 0. The molecular weight excluding hydrogens is 244 g/mol. The number of H-pyrrole nitrogens is 1. The molecule has 0 aromatic carbocycles. The van der Waals surface area contributed by atoms with Gasteiger partial charge in [-0.05, 0) is 28.1 Å². The second-order valence-electron chi connectivity index (χ2n) is 2.59. The van der Waals surface area contributed by atoms with Crippen LogP contribution in [0.4, 0.5) is 0 Å². The molecule has 0 radical (unpaired) electrons. The van der Waals surface area contributed by atoms with Gasteiger partial charge < -0.3 is 0 Å². The van der Waals surface area contributed by atoms with Gasteiger partial charge in [-0.1, -0.05) is 6.07 Å². The number of rotatable bonds is 1. The molecule has 0 saturated carbocycles. The van der Waals surface area contributed by atoms with Gasteiger partial charge in [0.25, 0.3) is 0 Å². The van der Waals surface area contributed by atoms with E-state index in [0.29, 0.717) is 10.2 Å². The van der Waals surface area contributed by atoms with E-state index in [0.717, 1.165) is 11.4 Å². The molecule has 0 amide bonds. The zero-order valence-corrected chi connectivity index (χ0v) is 8.62. The van der Waals surface area contributed by atoms with Crippen molar-refractivity contribution < 1.29 is 0 Å². The van der Waals surface area contributed by atoms with Crippen molar-refractivity contribution in [1.82, 2.24) is 15.2 Å². The molecule has 4 nitrogen and oxygen atoms in total. The molecule has 2 aromatic heterocycles. The first kappa shape index (κ1) is 8.91. The molecule has 0 saturated heterocycles. The molecule has 0 unspecified atom stereocenters. The maximum atomic E-state index is 8.70. The molecule has 2 heterocycles. The van der Waals surface area contributed by atoms with E-state index in [1.165, 1.54) is 0 Å². The standard InChI is InChI=1S/C9H5BrN4/c10-8-7(5-11)13-14-9(8)6-3-1-2-4-12-6/h1-4H,(H,13,14). The van der Waals surface area contributed by atoms with Crippen LogP contribution in [0.2, 0.25) is 0 Å². The number of halogens is 1. The van der Waals surface area contributed by atoms with Gasteiger partial charge in [-0.25, -0.2) is 0 Å². The van der Waals surface area contributed by atoms with Crippen molar-refractivity contribution >= 4 is 15.9 Å². The topological polar surface area (TPSA) is 65.4 Å². The number of pyridine rings is 1. The minimum Gasteiger partial charge on any atom is -0.274 e. The quantitative estimate of drug-likeness (QED) is 0.841. The third-order valence-electron chi connectivity index (χ3n) is 1.73. The van der Waals surface area contributed by atoms with E-state index < -0.39 is 0 Å². The third-order valence-corrected chi connectivity index (χ3v) is 2.51. The Bertz CT molecular complexity index is 483. The van der Waals surface area contributed by atoms with Crippen molar-refractivity contribution in [3.05, 3.63) is 34.6 Å². The number of nitrogens with zero attached hydrogens (tertiary/aromatic N) is 3. The Morgan fingerprint density at radius 1 is 1.43 bits per heavy atom. The summed E-state index contributed by atoms with van der Waals surface area (Å²) < 4.78 is 0.652. The lowest BCUT2D eigenvalue weighted by Gasteiger charge is -1.95. The highest BCUT2D eigenvalue weighted by molar-refractivity contribution is 9.10. The lowest BCUT2D eigenvalue weighted by molar-refractivity contribution is 1.07. The van der Waals surface area contributed by atoms with E-state index in [1.807, 2.05) is 24.3 Å². The summed E-state index contributed by atoms with van der Waals surface area (Å²) in [5.41, 5.74) is 1.82. The smallest absolute Gasteiger partial charge is 0.177 e. The third kappa shape index (κ3) is 1.40. The van der Waals surface area contributed by atoms with Crippen LogP contribution in [-0.4, -0.2) is 15.2 Å². The van der Waals surface area contributed by atoms with E-state index in [9.17, 15) is 0 Å². The van der Waals surface area contributed by atoms with Gasteiger partial charge in [-0.2, -0.15) is 10.4 Å². The van der Waals surface area contributed by atoms with E-state index in [-0.39, 0.29) is 0 Å². The van der Waals surface area contributed by atoms with Crippen molar-refractivity contribution in [2.75, 3.05) is 0 Å². The van der Waals surface area contributed by atoms with Gasteiger partial charge in [-0.15, -0.1) is 0 Å². The molecule has 2 rings (SSSR count). The Hall–Kier alpha value is -1.67. The van der Waals surface area contributed by atoms with Crippen LogP contribution in [-0.2, 0) is 0 Å². The first-order valence-electron chi connectivity index (χ1n) is 3.88. The maximum absolute atomic E-state index is 8.70. The summed E-state index contributed by atoms with van der Waals surface area (Å²) in [5, 5.41) is 15.3. The van der Waals surface area contributed by atoms with Gasteiger partial charge >= 0.3 is 0 Å². The van der Waals surface area contributed by atoms with Crippen LogP contribution in [0.25, 0.3) is 11.4 Å². The van der Waals surface area contributed by atoms with Crippen LogP contribution >= 0.6 is 15.9 Å². The van der Waals surface area contributed by atoms with Gasteiger partial charge in [0.15, 0.2) is 5.69 Å². The van der Waals surface area contributed by atoms with Crippen LogP contribution in [0.5, 0.6) is 0 Å². The number of aromatic nitrogens is 3. The summed E-state index contributed by atoms with van der Waals surface area (Å²) in [6, 6.07) is 7.52. The second-order valence-corrected chi connectivity index (χ2v) is 3.38. The fourth-order valence-corrected chi connectivity index (χ4v) is 1.55. The summed E-state index contributed by atoms with van der Waals surface area (Å²) in [6.07, 6.45) is 1.69. The summed E-state index contributed by atoms with van der Waals surface area (Å²) >= 11 is 3.29. The van der Waals surface area contributed by atoms with Gasteiger partial charge in [0.2, 0.25) is 0 Å². The fourth-order valence-electron chi connectivity index (χ4n) is 1.08. The average molecular weight is 249 g/mol. The van der Waals surface area contributed by atoms with E-state index in [2.05, 4.69) is 31.1 Å². The van der Waals surface area contributed by atoms with Gasteiger partial charge in [0.1, 0.15) is 6.07 Å². The Balaban J connectivity index is 2.54. The molecular formula is C9H5BrN4. The zero-order chi connectivity index (χ0) is 9.97. The lowest BCUT2D eigenvalue weighted by Crippen LogP contribution is -1.82. The van der Waals surface area contributed by atoms with Crippen LogP contribution in [0, 0.1) is 11.3 Å². The molecule has 5 heteroatoms. The lowest BCUT2D eigenvalue weighted by atomic mass is 10.2. The average Bonchev–Trinajstić information content (AvgIpc) is 2.61. The van der Waals surface area contributed by atoms with Crippen LogP contribution < -0.4 is 0 Å². The van der Waals surface area contributed by atoms with Crippen molar-refractivity contribution in [3.8, 4) is 17.5 Å². The Morgan fingerprint density at radius 2 is 2.29 bits per heavy atom. The molecule has 0 aliphatic rings. The summed E-state index contributed by atoms with van der Waals surface area (Å²) in [6.45, 7) is 0. The molecule has 0 aliphatic carbocycles. The number of nitrogens with one attached hydrogen (secondary N) is 1. The van der Waals surface area contributed by atoms with Crippen molar-refractivity contribution in [3.63, 3.8) is 0 Å². The van der Waals surface area contributed by atoms with Gasteiger partial charge in [0, 0.05) is 6.20 Å². The Morgan fingerprint density at radius 3 is 2.86 bits per heavy atom. The molecule has 0 bridgehead atoms. The van der Waals surface area contributed by atoms with E-state index >= 15 is 0 Å². The highest BCUT2D eigenvalue weighted by Gasteiger charge is 2.11. The minimum absolute atomic E-state index is 0.339. The van der Waals surface area contributed by atoms with Crippen molar-refractivity contribution in [2.45, 2.75) is 0 Å². The van der Waals surface area contributed by atoms with Gasteiger partial charge in [-0.3, -0.25) is 10.1 Å². The number of hydrogen-bond acceptors (Lipinski definition) is 3. The predicted octanol–water partition coefficient (Wildman–Crippen LogP) is 2.11. The molecule has 0 atom stereocenters. The first-order valence-corrected chi connectivity index (χ1v) is 4.67. The van der Waals surface area contributed by atoms with E-state index in [1.54, 1.807) is 6.20 Å². The highest BCUT2D eigenvalue weighted by Crippen LogP contribution is 2.26. The Kier molecular flexibility index (Phi) is 2.29. The monoisotopic (exact) mass is 248 g/mol. The first-order chi connectivity index (χ1) is 6.83. The highest BCUT2D eigenvalue weighted by atomic mass is 79.9. The molecule has 0 aliphatic heterocycles. The summed E-state index contributed by atoms with van der Waals surface area (Å²) in [5.74, 6) is 0. The molecule has 1 N–H and O–H groups in total. The number of hydrogen-bond donors (Lipinski definition) is 1. The predicted molar refractivity (Wildman–Crippen MR) is 54.2 cm³/mol. The number of aromatic amines is 1. The SMILES string of the molecule is N#Cc1n[nH]c(-c2ccccn2)c1Br. The minimum atomic E-state index is 0.339. The van der Waals surface area contributed by atoms with Crippen LogP contribution in [0.15, 0.2) is 28.9 Å². The normalized spacial score (nSPS) is 9.71. The van der Waals surface area contributed by atoms with E-state index in [4.69, 9.17) is 5.26 Å².